The summed E-state index contributed by atoms with van der Waals surface area (Å²) in [4.78, 5) is 22.2. The van der Waals surface area contributed by atoms with Gasteiger partial charge in [-0.25, -0.2) is 0 Å². The second-order valence-electron chi connectivity index (χ2n) is 7.05. The number of aromatic nitrogens is 2. The third kappa shape index (κ3) is 4.35. The lowest BCUT2D eigenvalue weighted by Crippen LogP contribution is -2.23. The maximum atomic E-state index is 12.7. The Kier molecular flexibility index (Phi) is 6.39. The molecule has 0 aliphatic carbocycles. The molecule has 0 fully saturated rings. The van der Waals surface area contributed by atoms with Gasteiger partial charge < -0.3 is 24.7 Å². The van der Waals surface area contributed by atoms with E-state index < -0.39 is 0 Å². The van der Waals surface area contributed by atoms with Gasteiger partial charge in [-0.1, -0.05) is 24.3 Å². The molecule has 2 aromatic carbocycles. The first-order valence-electron chi connectivity index (χ1n) is 9.57. The van der Waals surface area contributed by atoms with Crippen LogP contribution in [-0.4, -0.2) is 44.8 Å². The fourth-order valence-corrected chi connectivity index (χ4v) is 3.46. The van der Waals surface area contributed by atoms with E-state index in [1.807, 2.05) is 25.9 Å². The first kappa shape index (κ1) is 20.7. The molecule has 154 valence electrons. The molecule has 0 aliphatic heterocycles. The molecule has 1 heterocycles. The van der Waals surface area contributed by atoms with E-state index in [-0.39, 0.29) is 5.56 Å². The number of benzene rings is 2. The van der Waals surface area contributed by atoms with Crippen LogP contribution in [0.2, 0.25) is 0 Å². The molecule has 0 saturated heterocycles. The minimum absolute atomic E-state index is 0.290. The highest BCUT2D eigenvalue weighted by Crippen LogP contribution is 2.35. The van der Waals surface area contributed by atoms with Crippen LogP contribution in [0.4, 0.5) is 5.95 Å². The highest BCUT2D eigenvalue weighted by molar-refractivity contribution is 5.86. The molecule has 0 bridgehead atoms. The molecule has 0 unspecified atom stereocenters. The summed E-state index contributed by atoms with van der Waals surface area (Å²) in [5.41, 5.74) is 3.53. The fraction of sp³-hybridized carbons (Fsp3) is 0.364. The Morgan fingerprint density at radius 2 is 1.83 bits per heavy atom. The normalized spacial score (nSPS) is 10.9. The van der Waals surface area contributed by atoms with Crippen molar-refractivity contribution in [3.8, 4) is 11.5 Å². The van der Waals surface area contributed by atoms with Crippen LogP contribution in [0.5, 0.6) is 11.5 Å². The molecule has 7 heteroatoms. The molecule has 29 heavy (non-hydrogen) atoms. The number of aromatic amines is 1. The first-order chi connectivity index (χ1) is 14.0. The summed E-state index contributed by atoms with van der Waals surface area (Å²) in [6.45, 7) is 3.42. The van der Waals surface area contributed by atoms with Crippen molar-refractivity contribution in [2.45, 2.75) is 19.9 Å². The first-order valence-corrected chi connectivity index (χ1v) is 9.57. The molecule has 7 nitrogen and oxygen atoms in total. The zero-order chi connectivity index (χ0) is 21.0. The van der Waals surface area contributed by atoms with Crippen molar-refractivity contribution in [3.05, 3.63) is 57.4 Å². The Balaban J connectivity index is 1.90. The van der Waals surface area contributed by atoms with E-state index in [0.717, 1.165) is 18.5 Å². The van der Waals surface area contributed by atoms with Gasteiger partial charge in [-0.05, 0) is 38.1 Å². The van der Waals surface area contributed by atoms with Gasteiger partial charge in [-0.2, -0.15) is 4.98 Å². The van der Waals surface area contributed by atoms with Crippen molar-refractivity contribution in [1.29, 1.82) is 0 Å². The Morgan fingerprint density at radius 3 is 2.45 bits per heavy atom. The molecule has 0 atom stereocenters. The van der Waals surface area contributed by atoms with Crippen molar-refractivity contribution in [2.75, 3.05) is 39.8 Å². The number of aryl methyl sites for hydroxylation is 1. The highest BCUT2D eigenvalue weighted by atomic mass is 16.5. The quantitative estimate of drug-likeness (QED) is 0.609. The van der Waals surface area contributed by atoms with E-state index in [2.05, 4.69) is 39.6 Å². The second-order valence-corrected chi connectivity index (χ2v) is 7.05. The van der Waals surface area contributed by atoms with E-state index in [9.17, 15) is 4.79 Å². The van der Waals surface area contributed by atoms with Gasteiger partial charge in [0, 0.05) is 25.2 Å². The van der Waals surface area contributed by atoms with Crippen molar-refractivity contribution in [1.82, 2.24) is 15.3 Å². The van der Waals surface area contributed by atoms with E-state index in [1.165, 1.54) is 5.56 Å². The van der Waals surface area contributed by atoms with Gasteiger partial charge in [0.15, 0.2) is 11.5 Å². The molecule has 0 radical (unpaired) electrons. The van der Waals surface area contributed by atoms with Crippen molar-refractivity contribution in [3.63, 3.8) is 0 Å². The van der Waals surface area contributed by atoms with Crippen LogP contribution >= 0.6 is 0 Å². The van der Waals surface area contributed by atoms with Crippen molar-refractivity contribution < 1.29 is 9.47 Å². The van der Waals surface area contributed by atoms with Crippen LogP contribution in [0, 0.1) is 6.92 Å². The van der Waals surface area contributed by atoms with Gasteiger partial charge in [0.1, 0.15) is 0 Å². The predicted molar refractivity (Wildman–Crippen MR) is 116 cm³/mol. The number of hydrogen-bond donors (Lipinski definition) is 2. The summed E-state index contributed by atoms with van der Waals surface area (Å²) >= 11 is 0. The number of hydrogen-bond acceptors (Lipinski definition) is 6. The molecule has 3 rings (SSSR count). The molecule has 0 saturated carbocycles. The largest absolute Gasteiger partial charge is 0.493 e. The zero-order valence-corrected chi connectivity index (χ0v) is 17.6. The third-order valence-corrected chi connectivity index (χ3v) is 5.04. The summed E-state index contributed by atoms with van der Waals surface area (Å²) in [5, 5.41) is 3.66. The minimum atomic E-state index is -0.290. The summed E-state index contributed by atoms with van der Waals surface area (Å²) < 4.78 is 10.8. The van der Waals surface area contributed by atoms with Gasteiger partial charge in [-0.15, -0.1) is 0 Å². The zero-order valence-electron chi connectivity index (χ0n) is 17.6. The van der Waals surface area contributed by atoms with Crippen molar-refractivity contribution in [2.24, 2.45) is 0 Å². The number of anilines is 1. The lowest BCUT2D eigenvalue weighted by molar-refractivity contribution is 0.354. The lowest BCUT2D eigenvalue weighted by Gasteiger charge is -2.19. The molecular weight excluding hydrogens is 368 g/mol. The number of rotatable bonds is 8. The van der Waals surface area contributed by atoms with E-state index in [0.29, 0.717) is 40.5 Å². The Hall–Kier alpha value is -3.06. The molecule has 2 N–H and O–H groups in total. The monoisotopic (exact) mass is 396 g/mol. The average Bonchev–Trinajstić information content (AvgIpc) is 2.72. The van der Waals surface area contributed by atoms with Gasteiger partial charge in [-0.3, -0.25) is 4.79 Å². The van der Waals surface area contributed by atoms with E-state index in [1.54, 1.807) is 20.3 Å². The molecule has 1 aromatic heterocycles. The highest BCUT2D eigenvalue weighted by Gasteiger charge is 2.17. The smallest absolute Gasteiger partial charge is 0.282 e. The molecule has 3 aromatic rings. The maximum Gasteiger partial charge on any atom is 0.282 e. The molecule has 0 spiro atoms. The minimum Gasteiger partial charge on any atom is -0.493 e. The van der Waals surface area contributed by atoms with Gasteiger partial charge in [0.05, 0.1) is 25.1 Å². The van der Waals surface area contributed by atoms with E-state index in [4.69, 9.17) is 9.47 Å². The number of H-pyrrole nitrogens is 1. The fourth-order valence-electron chi connectivity index (χ4n) is 3.46. The lowest BCUT2D eigenvalue weighted by atomic mass is 10.1. The summed E-state index contributed by atoms with van der Waals surface area (Å²) in [6.07, 6.45) is 0.997. The molecular formula is C22H28N4O3. The van der Waals surface area contributed by atoms with Gasteiger partial charge in [0.25, 0.3) is 5.56 Å². The van der Waals surface area contributed by atoms with Crippen LogP contribution in [0.3, 0.4) is 0 Å². The summed E-state index contributed by atoms with van der Waals surface area (Å²) in [7, 11) is 7.00. The summed E-state index contributed by atoms with van der Waals surface area (Å²) in [6, 6.07) is 10.3. The Morgan fingerprint density at radius 1 is 1.14 bits per heavy atom. The van der Waals surface area contributed by atoms with Crippen molar-refractivity contribution >= 4 is 16.9 Å². The van der Waals surface area contributed by atoms with Crippen LogP contribution in [-0.2, 0) is 13.0 Å². The number of ether oxygens (including phenoxy) is 2. The Bertz CT molecular complexity index is 1040. The Labute approximate surface area is 170 Å². The topological polar surface area (TPSA) is 79.5 Å². The van der Waals surface area contributed by atoms with Crippen LogP contribution < -0.4 is 25.2 Å². The number of nitrogens with zero attached hydrogens (tertiary/aromatic N) is 2. The van der Waals surface area contributed by atoms with Crippen LogP contribution in [0.1, 0.15) is 16.7 Å². The SMILES string of the molecule is CNCCc1ccc(CN(C)c2nc(=O)c3c(C)c(OC)c(OC)cc3[nH]2)cc1. The number of fused-ring (bicyclic) bond motifs is 1. The number of likely N-dealkylation sites (N-methyl/N-ethyl adjacent to an activating group) is 1. The molecule has 0 aliphatic rings. The number of nitrogens with one attached hydrogen (secondary N) is 2. The summed E-state index contributed by atoms with van der Waals surface area (Å²) in [5.74, 6) is 1.63. The maximum absolute atomic E-state index is 12.7. The predicted octanol–water partition coefficient (Wildman–Crippen LogP) is 2.65. The third-order valence-electron chi connectivity index (χ3n) is 5.04. The molecule has 0 amide bonds. The van der Waals surface area contributed by atoms with Gasteiger partial charge in [0.2, 0.25) is 5.95 Å². The van der Waals surface area contributed by atoms with Gasteiger partial charge >= 0.3 is 0 Å². The van der Waals surface area contributed by atoms with E-state index >= 15 is 0 Å². The second kappa shape index (κ2) is 8.96. The number of methoxy groups -OCH3 is 2. The standard InChI is InChI=1S/C22H28N4O3/c1-14-19-17(12-18(28-4)20(14)29-5)24-22(25-21(19)27)26(3)13-16-8-6-15(7-9-16)10-11-23-2/h6-9,12,23H,10-11,13H2,1-5H3,(H,24,25,27). The van der Waals surface area contributed by atoms with Crippen LogP contribution in [0.15, 0.2) is 35.1 Å². The average molecular weight is 396 g/mol. The van der Waals surface area contributed by atoms with Crippen LogP contribution in [0.25, 0.3) is 10.9 Å².